The fourth-order valence-corrected chi connectivity index (χ4v) is 3.12. The van der Waals surface area contributed by atoms with Crippen LogP contribution in [0.3, 0.4) is 0 Å². The van der Waals surface area contributed by atoms with E-state index in [2.05, 4.69) is 20.6 Å². The Hall–Kier alpha value is -3.82. The molecule has 2 amide bonds. The molecule has 0 fully saturated rings. The van der Waals surface area contributed by atoms with Crippen LogP contribution >= 0.6 is 0 Å². The van der Waals surface area contributed by atoms with Crippen LogP contribution in [-0.4, -0.2) is 57.0 Å². The molecule has 0 saturated carbocycles. The average Bonchev–Trinajstić information content (AvgIpc) is 2.88. The number of carboxylic acids is 2. The van der Waals surface area contributed by atoms with Gasteiger partial charge < -0.3 is 20.8 Å². The van der Waals surface area contributed by atoms with Crippen LogP contribution in [0.25, 0.3) is 0 Å². The van der Waals surface area contributed by atoms with Gasteiger partial charge in [0, 0.05) is 61.8 Å². The van der Waals surface area contributed by atoms with E-state index in [1.807, 2.05) is 0 Å². The lowest BCUT2D eigenvalue weighted by atomic mass is 10.1. The second kappa shape index (κ2) is 19.5. The van der Waals surface area contributed by atoms with Gasteiger partial charge in [-0.15, -0.1) is 0 Å². The molecule has 196 valence electrons. The number of aromatic nitrogens is 2. The van der Waals surface area contributed by atoms with Crippen molar-refractivity contribution in [2.75, 3.05) is 13.1 Å². The number of carboxylic acid groups (broad SMARTS) is 2. The van der Waals surface area contributed by atoms with Crippen LogP contribution in [0, 0.1) is 0 Å². The maximum Gasteiger partial charge on any atom is 0.303 e. The Bertz CT molecular complexity index is 834. The monoisotopic (exact) mass is 500 g/mol. The van der Waals surface area contributed by atoms with E-state index in [9.17, 15) is 19.2 Å². The van der Waals surface area contributed by atoms with Gasteiger partial charge in [-0.05, 0) is 49.9 Å². The molecule has 0 bridgehead atoms. The van der Waals surface area contributed by atoms with Crippen LogP contribution in [0.1, 0.15) is 84.9 Å². The summed E-state index contributed by atoms with van der Waals surface area (Å²) in [5.74, 6) is -1.83. The summed E-state index contributed by atoms with van der Waals surface area (Å²) in [6, 6.07) is 6.84. The largest absolute Gasteiger partial charge is 0.481 e. The first-order valence-electron chi connectivity index (χ1n) is 12.2. The Kier molecular flexibility index (Phi) is 16.3. The zero-order valence-electron chi connectivity index (χ0n) is 20.5. The number of carbonyl (C=O) groups is 4. The van der Waals surface area contributed by atoms with E-state index in [-0.39, 0.29) is 24.7 Å². The topological polar surface area (TPSA) is 159 Å². The molecule has 0 radical (unpaired) electrons. The highest BCUT2D eigenvalue weighted by Crippen LogP contribution is 2.05. The van der Waals surface area contributed by atoms with Crippen molar-refractivity contribution in [3.8, 4) is 0 Å². The number of carbonyl (C=O) groups excluding carboxylic acids is 2. The summed E-state index contributed by atoms with van der Waals surface area (Å²) in [6.07, 6.45) is 13.9. The minimum Gasteiger partial charge on any atom is -0.481 e. The van der Waals surface area contributed by atoms with Crippen molar-refractivity contribution < 1.29 is 29.4 Å². The molecule has 0 aliphatic carbocycles. The Labute approximate surface area is 211 Å². The smallest absolute Gasteiger partial charge is 0.303 e. The normalized spacial score (nSPS) is 10.0. The maximum absolute atomic E-state index is 11.8. The lowest BCUT2D eigenvalue weighted by Crippen LogP contribution is -2.24. The molecule has 2 rings (SSSR count). The number of amides is 2. The minimum absolute atomic E-state index is 0.0441. The zero-order valence-corrected chi connectivity index (χ0v) is 20.5. The van der Waals surface area contributed by atoms with Crippen molar-refractivity contribution in [1.29, 1.82) is 0 Å². The molecule has 0 atom stereocenters. The lowest BCUT2D eigenvalue weighted by Gasteiger charge is -2.06. The van der Waals surface area contributed by atoms with Gasteiger partial charge in [0.25, 0.3) is 11.8 Å². The molecule has 36 heavy (non-hydrogen) atoms. The number of unbranched alkanes of at least 4 members (excludes halogenated alkanes) is 6. The molecule has 2 aromatic rings. The molecule has 10 heteroatoms. The van der Waals surface area contributed by atoms with Gasteiger partial charge in [-0.3, -0.25) is 29.1 Å². The van der Waals surface area contributed by atoms with E-state index in [0.717, 1.165) is 38.5 Å². The number of hydrogen-bond acceptors (Lipinski definition) is 6. The fourth-order valence-electron chi connectivity index (χ4n) is 3.12. The van der Waals surface area contributed by atoms with Crippen LogP contribution in [0.15, 0.2) is 49.1 Å². The molecule has 0 aromatic carbocycles. The fraction of sp³-hybridized carbons (Fsp3) is 0.462. The quantitative estimate of drug-likeness (QED) is 0.254. The zero-order chi connectivity index (χ0) is 26.4. The molecule has 0 aliphatic heterocycles. The van der Waals surface area contributed by atoms with Gasteiger partial charge in [-0.25, -0.2) is 0 Å². The number of pyridine rings is 2. The standard InChI is InChI=1S/C20H26N4O2.C6H10O4/c25-19(17-7-13-21-14-8-17)23-11-5-3-1-2-4-6-12-24-20(26)18-9-15-22-16-10-18;7-5(8)3-1-2-4-6(9)10/h7-10,13-16H,1-6,11-12H2,(H,23,25)(H,24,26);1-4H2,(H,7,8)(H,9,10). The average molecular weight is 501 g/mol. The molecule has 2 heterocycles. The van der Waals surface area contributed by atoms with Crippen molar-refractivity contribution >= 4 is 23.8 Å². The molecule has 0 spiro atoms. The number of nitrogens with one attached hydrogen (secondary N) is 2. The maximum atomic E-state index is 11.8. The molecule has 0 unspecified atom stereocenters. The predicted octanol–water partition coefficient (Wildman–Crippen LogP) is 3.69. The van der Waals surface area contributed by atoms with Crippen LogP contribution < -0.4 is 10.6 Å². The highest BCUT2D eigenvalue weighted by atomic mass is 16.4. The lowest BCUT2D eigenvalue weighted by molar-refractivity contribution is -0.139. The first-order chi connectivity index (χ1) is 17.4. The van der Waals surface area contributed by atoms with E-state index in [4.69, 9.17) is 10.2 Å². The molecular weight excluding hydrogens is 464 g/mol. The van der Waals surface area contributed by atoms with Gasteiger partial charge in [0.2, 0.25) is 0 Å². The van der Waals surface area contributed by atoms with Gasteiger partial charge in [0.1, 0.15) is 0 Å². The van der Waals surface area contributed by atoms with Crippen molar-refractivity contribution in [3.05, 3.63) is 60.2 Å². The predicted molar refractivity (Wildman–Crippen MR) is 135 cm³/mol. The van der Waals surface area contributed by atoms with Crippen LogP contribution in [0.4, 0.5) is 0 Å². The summed E-state index contributed by atoms with van der Waals surface area (Å²) < 4.78 is 0. The Balaban J connectivity index is 0.000000548. The SMILES string of the molecule is O=C(NCCCCCCCCNC(=O)c1ccncc1)c1ccncc1.O=C(O)CCCCC(=O)O. The molecule has 0 saturated heterocycles. The van der Waals surface area contributed by atoms with E-state index in [1.54, 1.807) is 49.1 Å². The first kappa shape index (κ1) is 30.2. The van der Waals surface area contributed by atoms with Crippen molar-refractivity contribution in [1.82, 2.24) is 20.6 Å². The van der Waals surface area contributed by atoms with Crippen molar-refractivity contribution in [3.63, 3.8) is 0 Å². The van der Waals surface area contributed by atoms with Gasteiger partial charge in [0.15, 0.2) is 0 Å². The Morgan fingerprint density at radius 3 is 1.22 bits per heavy atom. The second-order valence-corrected chi connectivity index (χ2v) is 8.10. The highest BCUT2D eigenvalue weighted by Gasteiger charge is 2.04. The molecular formula is C26H36N4O6. The van der Waals surface area contributed by atoms with Crippen LogP contribution in [0.2, 0.25) is 0 Å². The third-order valence-electron chi connectivity index (χ3n) is 5.09. The number of rotatable bonds is 16. The summed E-state index contributed by atoms with van der Waals surface area (Å²) in [5.41, 5.74) is 1.29. The first-order valence-corrected chi connectivity index (χ1v) is 12.2. The van der Waals surface area contributed by atoms with Gasteiger partial charge in [-0.2, -0.15) is 0 Å². The van der Waals surface area contributed by atoms with Crippen molar-refractivity contribution in [2.45, 2.75) is 64.2 Å². The molecule has 2 aromatic heterocycles. The second-order valence-electron chi connectivity index (χ2n) is 8.10. The number of nitrogens with zero attached hydrogens (tertiary/aromatic N) is 2. The van der Waals surface area contributed by atoms with Gasteiger partial charge >= 0.3 is 11.9 Å². The van der Waals surface area contributed by atoms with E-state index in [1.165, 1.54) is 0 Å². The molecule has 4 N–H and O–H groups in total. The summed E-state index contributed by atoms with van der Waals surface area (Å²) in [4.78, 5) is 51.3. The van der Waals surface area contributed by atoms with Crippen LogP contribution in [-0.2, 0) is 9.59 Å². The highest BCUT2D eigenvalue weighted by molar-refractivity contribution is 5.94. The van der Waals surface area contributed by atoms with E-state index in [0.29, 0.717) is 37.1 Å². The van der Waals surface area contributed by atoms with E-state index < -0.39 is 11.9 Å². The number of hydrogen-bond donors (Lipinski definition) is 4. The Morgan fingerprint density at radius 2 is 0.889 bits per heavy atom. The summed E-state index contributed by atoms with van der Waals surface area (Å²) in [6.45, 7) is 1.40. The summed E-state index contributed by atoms with van der Waals surface area (Å²) >= 11 is 0. The minimum atomic E-state index is -0.870. The Morgan fingerprint density at radius 1 is 0.556 bits per heavy atom. The van der Waals surface area contributed by atoms with Gasteiger partial charge in [-0.1, -0.05) is 25.7 Å². The molecule has 10 nitrogen and oxygen atoms in total. The van der Waals surface area contributed by atoms with Crippen molar-refractivity contribution in [2.24, 2.45) is 0 Å². The van der Waals surface area contributed by atoms with E-state index >= 15 is 0 Å². The van der Waals surface area contributed by atoms with Gasteiger partial charge in [0.05, 0.1) is 0 Å². The summed E-state index contributed by atoms with van der Waals surface area (Å²) in [7, 11) is 0. The number of aliphatic carboxylic acids is 2. The summed E-state index contributed by atoms with van der Waals surface area (Å²) in [5, 5.41) is 22.1. The third-order valence-corrected chi connectivity index (χ3v) is 5.09. The third kappa shape index (κ3) is 15.9. The van der Waals surface area contributed by atoms with Crippen LogP contribution in [0.5, 0.6) is 0 Å². The molecule has 0 aliphatic rings.